The molecule has 19 heavy (non-hydrogen) atoms. The van der Waals surface area contributed by atoms with Gasteiger partial charge in [-0.25, -0.2) is 0 Å². The first kappa shape index (κ1) is 16.2. The number of hydrogen-bond acceptors (Lipinski definition) is 4. The molecule has 1 heterocycles. The fourth-order valence-corrected chi connectivity index (χ4v) is 2.12. The van der Waals surface area contributed by atoms with Crippen LogP contribution < -0.4 is 0 Å². The van der Waals surface area contributed by atoms with Crippen LogP contribution in [0.1, 0.15) is 51.9 Å². The van der Waals surface area contributed by atoms with Gasteiger partial charge in [-0.15, -0.1) is 0 Å². The molecule has 2 atom stereocenters. The highest BCUT2D eigenvalue weighted by molar-refractivity contribution is 5.66. The van der Waals surface area contributed by atoms with Gasteiger partial charge in [0.25, 0.3) is 0 Å². The summed E-state index contributed by atoms with van der Waals surface area (Å²) in [6, 6.07) is 0. The maximum atomic E-state index is 10.8. The largest absolute Gasteiger partial charge is 0.458 e. The molecule has 0 aliphatic carbocycles. The van der Waals surface area contributed by atoms with E-state index in [0.29, 0.717) is 0 Å². The van der Waals surface area contributed by atoms with Gasteiger partial charge in [-0.05, 0) is 38.5 Å². The molecule has 0 saturated carbocycles. The average molecular weight is 270 g/mol. The molecule has 0 bridgehead atoms. The molecule has 0 spiro atoms. The molecule has 0 aromatic rings. The topological polar surface area (TPSA) is 44.8 Å². The van der Waals surface area contributed by atoms with Gasteiger partial charge in [-0.2, -0.15) is 0 Å². The predicted octanol–water partition coefficient (Wildman–Crippen LogP) is 3.21. The summed E-state index contributed by atoms with van der Waals surface area (Å²) in [4.78, 5) is 10.8. The Morgan fingerprint density at radius 3 is 2.89 bits per heavy atom. The van der Waals surface area contributed by atoms with Crippen molar-refractivity contribution >= 4 is 5.97 Å². The highest BCUT2D eigenvalue weighted by Crippen LogP contribution is 2.14. The highest BCUT2D eigenvalue weighted by Gasteiger charge is 2.13. The van der Waals surface area contributed by atoms with Gasteiger partial charge in [0.05, 0.1) is 0 Å². The lowest BCUT2D eigenvalue weighted by Crippen LogP contribution is -2.22. The van der Waals surface area contributed by atoms with E-state index in [-0.39, 0.29) is 18.4 Å². The fraction of sp³-hybridized carbons (Fsp3) is 0.800. The Morgan fingerprint density at radius 2 is 2.26 bits per heavy atom. The number of hydrogen-bond donors (Lipinski definition) is 0. The number of rotatable bonds is 9. The van der Waals surface area contributed by atoms with Gasteiger partial charge in [0.15, 0.2) is 6.29 Å². The first-order chi connectivity index (χ1) is 9.22. The Balaban J connectivity index is 1.94. The van der Waals surface area contributed by atoms with Crippen molar-refractivity contribution in [2.24, 2.45) is 0 Å². The molecule has 0 N–H and O–H groups in total. The quantitative estimate of drug-likeness (QED) is 0.366. The average Bonchev–Trinajstić information content (AvgIpc) is 2.42. The second kappa shape index (κ2) is 9.98. The van der Waals surface area contributed by atoms with Gasteiger partial charge >= 0.3 is 5.97 Å². The summed E-state index contributed by atoms with van der Waals surface area (Å²) in [7, 11) is 0. The van der Waals surface area contributed by atoms with E-state index in [1.165, 1.54) is 13.3 Å². The molecule has 4 nitrogen and oxygen atoms in total. The number of carbonyl (C=O) groups excluding carboxylic acids is 1. The van der Waals surface area contributed by atoms with Crippen LogP contribution in [-0.2, 0) is 19.0 Å². The van der Waals surface area contributed by atoms with E-state index in [0.717, 1.165) is 51.7 Å². The lowest BCUT2D eigenvalue weighted by atomic mass is 10.1. The zero-order chi connectivity index (χ0) is 13.9. The van der Waals surface area contributed by atoms with Crippen LogP contribution in [0.5, 0.6) is 0 Å². The summed E-state index contributed by atoms with van der Waals surface area (Å²) >= 11 is 0. The molecule has 1 rings (SSSR count). The van der Waals surface area contributed by atoms with Crippen molar-refractivity contribution in [3.63, 3.8) is 0 Å². The zero-order valence-corrected chi connectivity index (χ0v) is 11.9. The summed E-state index contributed by atoms with van der Waals surface area (Å²) in [5.41, 5.74) is 0. The van der Waals surface area contributed by atoms with E-state index < -0.39 is 0 Å². The number of ether oxygens (including phenoxy) is 3. The van der Waals surface area contributed by atoms with E-state index >= 15 is 0 Å². The van der Waals surface area contributed by atoms with Crippen molar-refractivity contribution in [1.29, 1.82) is 0 Å². The van der Waals surface area contributed by atoms with Crippen LogP contribution in [0.25, 0.3) is 0 Å². The van der Waals surface area contributed by atoms with E-state index in [1.54, 1.807) is 6.08 Å². The second-order valence-corrected chi connectivity index (χ2v) is 4.90. The first-order valence-corrected chi connectivity index (χ1v) is 7.25. The smallest absolute Gasteiger partial charge is 0.303 e. The molecule has 1 aliphatic heterocycles. The normalized spacial score (nSPS) is 20.8. The Labute approximate surface area is 116 Å². The van der Waals surface area contributed by atoms with Crippen LogP contribution in [0.15, 0.2) is 12.7 Å². The van der Waals surface area contributed by atoms with E-state index in [9.17, 15) is 4.79 Å². The van der Waals surface area contributed by atoms with Gasteiger partial charge in [-0.3, -0.25) is 4.79 Å². The van der Waals surface area contributed by atoms with Crippen molar-refractivity contribution in [3.8, 4) is 0 Å². The molecule has 0 radical (unpaired) electrons. The molecule has 0 amide bonds. The minimum absolute atomic E-state index is 0.00993. The van der Waals surface area contributed by atoms with Gasteiger partial charge in [0.2, 0.25) is 0 Å². The molecule has 1 fully saturated rings. The zero-order valence-electron chi connectivity index (χ0n) is 11.9. The van der Waals surface area contributed by atoms with Gasteiger partial charge in [-0.1, -0.05) is 19.1 Å². The van der Waals surface area contributed by atoms with Crippen molar-refractivity contribution in [3.05, 3.63) is 12.7 Å². The minimum atomic E-state index is -0.248. The molecule has 4 heteroatoms. The first-order valence-electron chi connectivity index (χ1n) is 7.25. The summed E-state index contributed by atoms with van der Waals surface area (Å²) in [6.45, 7) is 6.67. The van der Waals surface area contributed by atoms with Crippen molar-refractivity contribution in [1.82, 2.24) is 0 Å². The van der Waals surface area contributed by atoms with Crippen molar-refractivity contribution < 1.29 is 19.0 Å². The summed E-state index contributed by atoms with van der Waals surface area (Å²) in [5.74, 6) is -0.248. The Bertz CT molecular complexity index is 259. The van der Waals surface area contributed by atoms with Crippen molar-refractivity contribution in [2.75, 3.05) is 13.2 Å². The van der Waals surface area contributed by atoms with Crippen LogP contribution in [0.3, 0.4) is 0 Å². The molecular formula is C15H26O4. The monoisotopic (exact) mass is 270 g/mol. The number of carbonyl (C=O) groups is 1. The maximum Gasteiger partial charge on any atom is 0.303 e. The molecule has 0 aromatic carbocycles. The molecule has 0 aromatic heterocycles. The third-order valence-corrected chi connectivity index (χ3v) is 3.15. The Hall–Kier alpha value is -0.870. The lowest BCUT2D eigenvalue weighted by Gasteiger charge is -2.22. The third-order valence-electron chi connectivity index (χ3n) is 3.15. The predicted molar refractivity (Wildman–Crippen MR) is 73.8 cm³/mol. The molecule has 1 aliphatic rings. The maximum absolute atomic E-state index is 10.8. The molecular weight excluding hydrogens is 244 g/mol. The summed E-state index contributed by atoms with van der Waals surface area (Å²) in [5, 5.41) is 0. The molecule has 110 valence electrons. The van der Waals surface area contributed by atoms with Crippen LogP contribution in [0, 0.1) is 0 Å². The summed E-state index contributed by atoms with van der Waals surface area (Å²) in [6.07, 6.45) is 8.85. The van der Waals surface area contributed by atoms with Gasteiger partial charge in [0.1, 0.15) is 6.10 Å². The highest BCUT2D eigenvalue weighted by atomic mass is 16.7. The van der Waals surface area contributed by atoms with Crippen LogP contribution in [0.4, 0.5) is 0 Å². The van der Waals surface area contributed by atoms with Crippen LogP contribution in [0.2, 0.25) is 0 Å². The SMILES string of the molecule is C=C[C@H](CCCCCOC1CCCCO1)OC(C)=O. The standard InChI is InChI=1S/C15H26O4/c1-3-14(19-13(2)16)9-5-4-7-11-17-15-10-6-8-12-18-15/h3,14-15H,1,4-12H2,2H3/t14-,15?/m1/s1. The number of esters is 1. The lowest BCUT2D eigenvalue weighted by molar-refractivity contribution is -0.162. The van der Waals surface area contributed by atoms with E-state index in [2.05, 4.69) is 6.58 Å². The van der Waals surface area contributed by atoms with Crippen LogP contribution >= 0.6 is 0 Å². The fourth-order valence-electron chi connectivity index (χ4n) is 2.12. The van der Waals surface area contributed by atoms with Crippen LogP contribution in [-0.4, -0.2) is 31.6 Å². The molecule has 1 unspecified atom stereocenters. The molecule has 1 saturated heterocycles. The van der Waals surface area contributed by atoms with Gasteiger partial charge in [0, 0.05) is 20.1 Å². The second-order valence-electron chi connectivity index (χ2n) is 4.90. The van der Waals surface area contributed by atoms with E-state index in [4.69, 9.17) is 14.2 Å². The Morgan fingerprint density at radius 1 is 1.42 bits per heavy atom. The van der Waals surface area contributed by atoms with E-state index in [1.807, 2.05) is 0 Å². The minimum Gasteiger partial charge on any atom is -0.458 e. The summed E-state index contributed by atoms with van der Waals surface area (Å²) < 4.78 is 16.2. The number of unbranched alkanes of at least 4 members (excludes halogenated alkanes) is 2. The van der Waals surface area contributed by atoms with Crippen molar-refractivity contribution in [2.45, 2.75) is 64.3 Å². The third kappa shape index (κ3) is 8.01. The van der Waals surface area contributed by atoms with Gasteiger partial charge < -0.3 is 14.2 Å². The Kier molecular flexibility index (Phi) is 8.50.